The van der Waals surface area contributed by atoms with Crippen molar-refractivity contribution < 1.29 is 9.32 Å². The van der Waals surface area contributed by atoms with Crippen molar-refractivity contribution in [3.05, 3.63) is 45.6 Å². The Morgan fingerprint density at radius 2 is 2.21 bits per heavy atom. The summed E-state index contributed by atoms with van der Waals surface area (Å²) in [5.74, 6) is 0.791. The van der Waals surface area contributed by atoms with E-state index in [0.717, 1.165) is 52.6 Å². The van der Waals surface area contributed by atoms with Crippen LogP contribution in [0.1, 0.15) is 40.3 Å². The first kappa shape index (κ1) is 15.5. The van der Waals surface area contributed by atoms with Gasteiger partial charge in [-0.3, -0.25) is 4.79 Å². The lowest BCUT2D eigenvalue weighted by molar-refractivity contribution is 0.0772. The molecule has 0 radical (unpaired) electrons. The Bertz CT molecular complexity index is 851. The van der Waals surface area contributed by atoms with Crippen LogP contribution in [0.25, 0.3) is 9.88 Å². The molecule has 4 rings (SSSR count). The standard InChI is InChI=1S/C17H17N3O2S2/c1-20(9-11-10-24-16(18-11)14-7-4-8-23-14)17(21)15-12-5-2-3-6-13(12)22-19-15/h4,7-8,10H,2-3,5-6,9H2,1H3. The van der Waals surface area contributed by atoms with Crippen LogP contribution in [0, 0.1) is 0 Å². The normalized spacial score (nSPS) is 13.7. The van der Waals surface area contributed by atoms with Crippen molar-refractivity contribution >= 4 is 28.6 Å². The third kappa shape index (κ3) is 2.89. The minimum atomic E-state index is -0.0902. The molecule has 1 amide bonds. The summed E-state index contributed by atoms with van der Waals surface area (Å²) < 4.78 is 5.35. The smallest absolute Gasteiger partial charge is 0.276 e. The van der Waals surface area contributed by atoms with Gasteiger partial charge < -0.3 is 9.42 Å². The molecule has 0 atom stereocenters. The zero-order chi connectivity index (χ0) is 16.5. The Labute approximate surface area is 147 Å². The second-order valence-electron chi connectivity index (χ2n) is 5.92. The molecule has 0 unspecified atom stereocenters. The highest BCUT2D eigenvalue weighted by molar-refractivity contribution is 7.20. The maximum absolute atomic E-state index is 12.7. The maximum atomic E-state index is 12.7. The van der Waals surface area contributed by atoms with Crippen LogP contribution in [-0.4, -0.2) is 28.0 Å². The van der Waals surface area contributed by atoms with E-state index in [-0.39, 0.29) is 5.91 Å². The molecule has 5 nitrogen and oxygen atoms in total. The molecule has 24 heavy (non-hydrogen) atoms. The highest BCUT2D eigenvalue weighted by Gasteiger charge is 2.26. The van der Waals surface area contributed by atoms with E-state index in [1.54, 1.807) is 34.6 Å². The Morgan fingerprint density at radius 1 is 1.33 bits per heavy atom. The third-order valence-corrected chi connectivity index (χ3v) is 6.11. The molecule has 3 aromatic heterocycles. The number of thiazole rings is 1. The Hall–Kier alpha value is -1.99. The van der Waals surface area contributed by atoms with Crippen LogP contribution in [0.5, 0.6) is 0 Å². The SMILES string of the molecule is CN(Cc1csc(-c2cccs2)n1)C(=O)c1noc2c1CCCC2. The number of hydrogen-bond donors (Lipinski definition) is 0. The molecular weight excluding hydrogens is 342 g/mol. The van der Waals surface area contributed by atoms with Crippen LogP contribution < -0.4 is 0 Å². The predicted molar refractivity (Wildman–Crippen MR) is 94.4 cm³/mol. The molecule has 3 aromatic rings. The first-order chi connectivity index (χ1) is 11.7. The van der Waals surface area contributed by atoms with E-state index in [9.17, 15) is 4.79 Å². The van der Waals surface area contributed by atoms with Gasteiger partial charge in [0, 0.05) is 24.4 Å². The van der Waals surface area contributed by atoms with E-state index in [1.165, 1.54) is 0 Å². The van der Waals surface area contributed by atoms with Crippen molar-refractivity contribution in [2.24, 2.45) is 0 Å². The Kier molecular flexibility index (Phi) is 4.20. The number of carbonyl (C=O) groups is 1. The quantitative estimate of drug-likeness (QED) is 0.706. The molecule has 0 N–H and O–H groups in total. The molecule has 1 aliphatic carbocycles. The summed E-state index contributed by atoms with van der Waals surface area (Å²) >= 11 is 3.28. The minimum Gasteiger partial charge on any atom is -0.360 e. The molecule has 0 saturated heterocycles. The van der Waals surface area contributed by atoms with E-state index in [0.29, 0.717) is 12.2 Å². The van der Waals surface area contributed by atoms with Gasteiger partial charge in [0.05, 0.1) is 17.1 Å². The first-order valence-corrected chi connectivity index (χ1v) is 9.69. The summed E-state index contributed by atoms with van der Waals surface area (Å²) in [7, 11) is 1.79. The fourth-order valence-corrected chi connectivity index (χ4v) is 4.57. The van der Waals surface area contributed by atoms with Crippen LogP contribution in [0.4, 0.5) is 0 Å². The number of rotatable bonds is 4. The number of fused-ring (bicyclic) bond motifs is 1. The van der Waals surface area contributed by atoms with Crippen LogP contribution >= 0.6 is 22.7 Å². The number of carbonyl (C=O) groups excluding carboxylic acids is 1. The van der Waals surface area contributed by atoms with Crippen LogP contribution in [0.15, 0.2) is 27.4 Å². The lowest BCUT2D eigenvalue weighted by Crippen LogP contribution is -2.27. The number of aromatic nitrogens is 2. The van der Waals surface area contributed by atoms with Gasteiger partial charge in [0.1, 0.15) is 10.8 Å². The van der Waals surface area contributed by atoms with Gasteiger partial charge in [-0.25, -0.2) is 4.98 Å². The average Bonchev–Trinajstić information content (AvgIpc) is 3.33. The van der Waals surface area contributed by atoms with Crippen molar-refractivity contribution in [3.8, 4) is 9.88 Å². The van der Waals surface area contributed by atoms with Crippen molar-refractivity contribution in [2.75, 3.05) is 7.05 Å². The van der Waals surface area contributed by atoms with Crippen molar-refractivity contribution in [3.63, 3.8) is 0 Å². The fourth-order valence-electron chi connectivity index (χ4n) is 2.94. The predicted octanol–water partition coefficient (Wildman–Crippen LogP) is 4.01. The van der Waals surface area contributed by atoms with Crippen LogP contribution in [0.2, 0.25) is 0 Å². The van der Waals surface area contributed by atoms with Gasteiger partial charge in [-0.15, -0.1) is 22.7 Å². The van der Waals surface area contributed by atoms with E-state index in [1.807, 2.05) is 16.8 Å². The lowest BCUT2D eigenvalue weighted by atomic mass is 9.96. The molecule has 3 heterocycles. The van der Waals surface area contributed by atoms with Gasteiger partial charge >= 0.3 is 0 Å². The lowest BCUT2D eigenvalue weighted by Gasteiger charge is -2.16. The topological polar surface area (TPSA) is 59.2 Å². The van der Waals surface area contributed by atoms with E-state index < -0.39 is 0 Å². The third-order valence-electron chi connectivity index (χ3n) is 4.18. The van der Waals surface area contributed by atoms with Gasteiger partial charge in [0.2, 0.25) is 0 Å². The summed E-state index contributed by atoms with van der Waals surface area (Å²) in [6.07, 6.45) is 3.97. The number of hydrogen-bond acceptors (Lipinski definition) is 6. The number of amides is 1. The van der Waals surface area contributed by atoms with E-state index in [4.69, 9.17) is 4.52 Å². The zero-order valence-electron chi connectivity index (χ0n) is 13.3. The first-order valence-electron chi connectivity index (χ1n) is 7.93. The minimum absolute atomic E-state index is 0.0902. The highest BCUT2D eigenvalue weighted by atomic mass is 32.1. The van der Waals surface area contributed by atoms with Gasteiger partial charge in [-0.2, -0.15) is 0 Å². The van der Waals surface area contributed by atoms with Gasteiger partial charge in [-0.1, -0.05) is 11.2 Å². The van der Waals surface area contributed by atoms with Crippen molar-refractivity contribution in [1.82, 2.24) is 15.0 Å². The van der Waals surface area contributed by atoms with Crippen molar-refractivity contribution in [1.29, 1.82) is 0 Å². The van der Waals surface area contributed by atoms with E-state index >= 15 is 0 Å². The molecule has 124 valence electrons. The van der Waals surface area contributed by atoms with Gasteiger partial charge in [0.25, 0.3) is 5.91 Å². The molecule has 0 fully saturated rings. The zero-order valence-corrected chi connectivity index (χ0v) is 15.0. The number of nitrogens with zero attached hydrogens (tertiary/aromatic N) is 3. The number of thiophene rings is 1. The summed E-state index contributed by atoms with van der Waals surface area (Å²) in [5, 5.41) is 9.08. The Balaban J connectivity index is 1.49. The van der Waals surface area contributed by atoms with E-state index in [2.05, 4.69) is 16.2 Å². The van der Waals surface area contributed by atoms with Gasteiger partial charge in [-0.05, 0) is 30.7 Å². The van der Waals surface area contributed by atoms with Crippen molar-refractivity contribution in [2.45, 2.75) is 32.2 Å². The Morgan fingerprint density at radius 3 is 3.04 bits per heavy atom. The summed E-state index contributed by atoms with van der Waals surface area (Å²) in [5.41, 5.74) is 2.37. The average molecular weight is 359 g/mol. The summed E-state index contributed by atoms with van der Waals surface area (Å²) in [4.78, 5) is 20.2. The number of aryl methyl sites for hydroxylation is 1. The van der Waals surface area contributed by atoms with Gasteiger partial charge in [0.15, 0.2) is 5.69 Å². The van der Waals surface area contributed by atoms with Crippen LogP contribution in [0.3, 0.4) is 0 Å². The maximum Gasteiger partial charge on any atom is 0.276 e. The molecule has 7 heteroatoms. The highest BCUT2D eigenvalue weighted by Crippen LogP contribution is 2.29. The molecular formula is C17H17N3O2S2. The molecule has 0 saturated carbocycles. The molecule has 1 aliphatic rings. The van der Waals surface area contributed by atoms with Crippen LogP contribution in [-0.2, 0) is 19.4 Å². The second kappa shape index (κ2) is 6.49. The molecule has 0 aliphatic heterocycles. The largest absolute Gasteiger partial charge is 0.360 e. The monoisotopic (exact) mass is 359 g/mol. The molecule has 0 spiro atoms. The second-order valence-corrected chi connectivity index (χ2v) is 7.73. The fraction of sp³-hybridized carbons (Fsp3) is 0.353. The summed E-state index contributed by atoms with van der Waals surface area (Å²) in [6.45, 7) is 0.475. The summed E-state index contributed by atoms with van der Waals surface area (Å²) in [6, 6.07) is 4.08. The molecule has 0 bridgehead atoms. The molecule has 0 aromatic carbocycles.